The van der Waals surface area contributed by atoms with Crippen LogP contribution in [0.3, 0.4) is 0 Å². The number of nitrogens with zero attached hydrogens (tertiary/aromatic N) is 6. The summed E-state index contributed by atoms with van der Waals surface area (Å²) in [6.07, 6.45) is 2.82. The molecule has 2 N–H and O–H groups in total. The number of aromatic amines is 1. The summed E-state index contributed by atoms with van der Waals surface area (Å²) in [6, 6.07) is 10.4. The van der Waals surface area contributed by atoms with Gasteiger partial charge >= 0.3 is 0 Å². The molecule has 5 aromatic rings. The average molecular weight is 577 g/mol. The van der Waals surface area contributed by atoms with Crippen LogP contribution in [0.1, 0.15) is 16.8 Å². The molecule has 0 radical (unpaired) electrons. The van der Waals surface area contributed by atoms with E-state index in [0.29, 0.717) is 54.9 Å². The standard InChI is InChI=1S/C27H28N8O5S/c1-17-3-6-23(18(2)11-17)41(38,39)27-25-30-26(37)21-5-4-20(12-22(21)35(25)32-31-27)34-9-7-33(8-10-34)14-24(36)28-13-19-15-40-16-29-19/h3-6,11-12,15-16,32H,7-10,13-14H2,1-2H3,(H,28,36). The first kappa shape index (κ1) is 26.7. The molecule has 3 aromatic heterocycles. The molecular weight excluding hydrogens is 548 g/mol. The van der Waals surface area contributed by atoms with E-state index in [2.05, 4.69) is 35.4 Å². The van der Waals surface area contributed by atoms with E-state index in [9.17, 15) is 18.0 Å². The molecule has 0 atom stereocenters. The first-order valence-corrected chi connectivity index (χ1v) is 14.5. The monoisotopic (exact) mass is 576 g/mol. The van der Waals surface area contributed by atoms with Gasteiger partial charge in [-0.1, -0.05) is 17.7 Å². The lowest BCUT2D eigenvalue weighted by Crippen LogP contribution is -2.49. The third-order valence-electron chi connectivity index (χ3n) is 7.24. The molecule has 1 saturated heterocycles. The number of rotatable bonds is 7. The van der Waals surface area contributed by atoms with Gasteiger partial charge in [-0.3, -0.25) is 14.5 Å². The van der Waals surface area contributed by atoms with E-state index in [-0.39, 0.29) is 28.0 Å². The molecule has 6 rings (SSSR count). The van der Waals surface area contributed by atoms with Gasteiger partial charge in [0.15, 0.2) is 12.0 Å². The van der Waals surface area contributed by atoms with Crippen LogP contribution >= 0.6 is 0 Å². The van der Waals surface area contributed by atoms with E-state index in [1.165, 1.54) is 17.2 Å². The second kappa shape index (κ2) is 10.4. The molecule has 0 bridgehead atoms. The Morgan fingerprint density at radius 1 is 1.10 bits per heavy atom. The van der Waals surface area contributed by atoms with Gasteiger partial charge < -0.3 is 14.6 Å². The number of carbonyl (C=O) groups is 1. The molecule has 41 heavy (non-hydrogen) atoms. The first-order chi connectivity index (χ1) is 19.7. The molecule has 0 aliphatic carbocycles. The minimum Gasteiger partial charge on any atom is -0.451 e. The Balaban J connectivity index is 1.23. The summed E-state index contributed by atoms with van der Waals surface area (Å²) < 4.78 is 33.4. The second-order valence-electron chi connectivity index (χ2n) is 10.1. The molecule has 13 nitrogen and oxygen atoms in total. The van der Waals surface area contributed by atoms with Gasteiger partial charge in [-0.05, 0) is 43.7 Å². The Bertz CT molecular complexity index is 1920. The number of H-pyrrole nitrogens is 1. The number of piperazine rings is 1. The zero-order chi connectivity index (χ0) is 28.7. The Kier molecular flexibility index (Phi) is 6.79. The molecule has 0 unspecified atom stereocenters. The molecule has 1 fully saturated rings. The maximum atomic E-state index is 13.5. The molecule has 1 amide bonds. The number of anilines is 1. The minimum absolute atomic E-state index is 0.0546. The fourth-order valence-electron chi connectivity index (χ4n) is 5.12. The Morgan fingerprint density at radius 2 is 1.90 bits per heavy atom. The SMILES string of the molecule is Cc1ccc(S(=O)(=O)c2n[nH]n3c2nc(=O)c2ccc(N4CCN(CC(=O)NCc5cocn5)CC4)cc23)c(C)c1. The number of benzene rings is 2. The zero-order valence-electron chi connectivity index (χ0n) is 22.5. The lowest BCUT2D eigenvalue weighted by molar-refractivity contribution is -0.122. The van der Waals surface area contributed by atoms with Crippen molar-refractivity contribution in [2.45, 2.75) is 30.3 Å². The smallest absolute Gasteiger partial charge is 0.281 e. The molecule has 212 valence electrons. The summed E-state index contributed by atoms with van der Waals surface area (Å²) in [5.74, 6) is -0.0905. The van der Waals surface area contributed by atoms with Gasteiger partial charge in [0.05, 0.1) is 34.6 Å². The molecule has 0 spiro atoms. The predicted octanol–water partition coefficient (Wildman–Crippen LogP) is 1.45. The summed E-state index contributed by atoms with van der Waals surface area (Å²) >= 11 is 0. The fourth-order valence-corrected chi connectivity index (χ4v) is 6.59. The highest BCUT2D eigenvalue weighted by molar-refractivity contribution is 7.91. The predicted molar refractivity (Wildman–Crippen MR) is 149 cm³/mol. The maximum Gasteiger partial charge on any atom is 0.281 e. The number of oxazole rings is 1. The number of hydrogen-bond donors (Lipinski definition) is 2. The number of amides is 1. The van der Waals surface area contributed by atoms with Crippen molar-refractivity contribution in [3.63, 3.8) is 0 Å². The topological polar surface area (TPSA) is 159 Å². The van der Waals surface area contributed by atoms with Gasteiger partial charge in [0.1, 0.15) is 6.26 Å². The van der Waals surface area contributed by atoms with Crippen LogP contribution in [0.5, 0.6) is 0 Å². The maximum absolute atomic E-state index is 13.5. The number of fused-ring (bicyclic) bond motifs is 3. The zero-order valence-corrected chi connectivity index (χ0v) is 23.3. The minimum atomic E-state index is -4.04. The van der Waals surface area contributed by atoms with Crippen molar-refractivity contribution < 1.29 is 17.6 Å². The third-order valence-corrected chi connectivity index (χ3v) is 9.06. The number of hydrogen-bond acceptors (Lipinski definition) is 10. The lowest BCUT2D eigenvalue weighted by atomic mass is 10.2. The van der Waals surface area contributed by atoms with Crippen LogP contribution in [-0.4, -0.2) is 76.7 Å². The van der Waals surface area contributed by atoms with Crippen LogP contribution in [0.4, 0.5) is 5.69 Å². The van der Waals surface area contributed by atoms with E-state index in [0.717, 1.165) is 11.3 Å². The summed E-state index contributed by atoms with van der Waals surface area (Å²) in [7, 11) is -4.04. The highest BCUT2D eigenvalue weighted by Gasteiger charge is 2.28. The van der Waals surface area contributed by atoms with E-state index in [1.54, 1.807) is 31.2 Å². The van der Waals surface area contributed by atoms with E-state index in [4.69, 9.17) is 4.42 Å². The van der Waals surface area contributed by atoms with Crippen LogP contribution in [-0.2, 0) is 21.2 Å². The van der Waals surface area contributed by atoms with Gasteiger partial charge in [0.25, 0.3) is 5.56 Å². The number of aromatic nitrogens is 5. The molecule has 1 aliphatic rings. The van der Waals surface area contributed by atoms with Crippen molar-refractivity contribution in [3.8, 4) is 0 Å². The summed E-state index contributed by atoms with van der Waals surface area (Å²) in [4.78, 5) is 37.7. The van der Waals surface area contributed by atoms with Crippen molar-refractivity contribution in [1.29, 1.82) is 0 Å². The van der Waals surface area contributed by atoms with E-state index in [1.807, 2.05) is 19.1 Å². The number of carbonyl (C=O) groups excluding carboxylic acids is 1. The van der Waals surface area contributed by atoms with Crippen molar-refractivity contribution >= 4 is 38.0 Å². The second-order valence-corrected chi connectivity index (χ2v) is 11.9. The van der Waals surface area contributed by atoms with Crippen molar-refractivity contribution in [2.24, 2.45) is 0 Å². The highest BCUT2D eigenvalue weighted by Crippen LogP contribution is 2.27. The Labute approximate surface area is 234 Å². The normalized spacial score (nSPS) is 14.6. The molecule has 1 aliphatic heterocycles. The van der Waals surface area contributed by atoms with Crippen molar-refractivity contribution in [3.05, 3.63) is 76.2 Å². The van der Waals surface area contributed by atoms with Crippen LogP contribution in [0.15, 0.2) is 68.2 Å². The number of aryl methyl sites for hydroxylation is 2. The van der Waals surface area contributed by atoms with Gasteiger partial charge in [-0.15, -0.1) is 5.10 Å². The van der Waals surface area contributed by atoms with Crippen molar-refractivity contribution in [1.82, 2.24) is 35.0 Å². The summed E-state index contributed by atoms with van der Waals surface area (Å²) in [5, 5.41) is 9.72. The molecular formula is C27H28N8O5S. The van der Waals surface area contributed by atoms with Crippen LogP contribution < -0.4 is 15.8 Å². The van der Waals surface area contributed by atoms with Gasteiger partial charge in [0.2, 0.25) is 20.8 Å². The largest absolute Gasteiger partial charge is 0.451 e. The molecule has 2 aromatic carbocycles. The summed E-state index contributed by atoms with van der Waals surface area (Å²) in [6.45, 7) is 6.87. The van der Waals surface area contributed by atoms with Gasteiger partial charge in [-0.25, -0.2) is 23.1 Å². The van der Waals surface area contributed by atoms with E-state index >= 15 is 0 Å². The molecule has 14 heteroatoms. The highest BCUT2D eigenvalue weighted by atomic mass is 32.2. The molecule has 0 saturated carbocycles. The van der Waals surface area contributed by atoms with Gasteiger partial charge in [0, 0.05) is 31.9 Å². The van der Waals surface area contributed by atoms with Crippen LogP contribution in [0, 0.1) is 13.8 Å². The van der Waals surface area contributed by atoms with Gasteiger partial charge in [-0.2, -0.15) is 4.98 Å². The Morgan fingerprint density at radius 3 is 2.63 bits per heavy atom. The quantitative estimate of drug-likeness (QED) is 0.290. The number of nitrogens with one attached hydrogen (secondary N) is 2. The summed E-state index contributed by atoms with van der Waals surface area (Å²) in [5.41, 5.74) is 2.93. The Hall–Kier alpha value is -4.56. The first-order valence-electron chi connectivity index (χ1n) is 13.0. The fraction of sp³-hybridized carbons (Fsp3) is 0.296. The van der Waals surface area contributed by atoms with E-state index < -0.39 is 15.4 Å². The third kappa shape index (κ3) is 5.07. The molecule has 4 heterocycles. The van der Waals surface area contributed by atoms with Crippen molar-refractivity contribution in [2.75, 3.05) is 37.6 Å². The van der Waals surface area contributed by atoms with Crippen LogP contribution in [0.2, 0.25) is 0 Å². The average Bonchev–Trinajstić information content (AvgIpc) is 3.63. The van der Waals surface area contributed by atoms with Crippen LogP contribution in [0.25, 0.3) is 16.6 Å². The lowest BCUT2D eigenvalue weighted by Gasteiger charge is -2.35. The number of sulfone groups is 1.